The second-order valence-electron chi connectivity index (χ2n) is 5.09. The summed E-state index contributed by atoms with van der Waals surface area (Å²) in [5, 5.41) is 23.6. The van der Waals surface area contributed by atoms with E-state index in [2.05, 4.69) is 18.9 Å². The van der Waals surface area contributed by atoms with E-state index in [9.17, 15) is 10.2 Å². The van der Waals surface area contributed by atoms with Gasteiger partial charge in [-0.1, -0.05) is 13.8 Å². The Kier molecular flexibility index (Phi) is 4.37. The molecule has 1 aliphatic heterocycles. The van der Waals surface area contributed by atoms with Crippen LogP contribution in [0.1, 0.15) is 38.4 Å². The molecule has 2 unspecified atom stereocenters. The van der Waals surface area contributed by atoms with Crippen molar-refractivity contribution in [1.29, 1.82) is 0 Å². The number of likely N-dealkylation sites (tertiary alicyclic amines) is 1. The van der Waals surface area contributed by atoms with E-state index in [0.29, 0.717) is 25.7 Å². The largest absolute Gasteiger partial charge is 0.389 e. The lowest BCUT2D eigenvalue weighted by Gasteiger charge is -2.14. The summed E-state index contributed by atoms with van der Waals surface area (Å²) in [6, 6.07) is 2.49. The Bertz CT molecular complexity index is 366. The summed E-state index contributed by atoms with van der Waals surface area (Å²) in [5.41, 5.74) is 1.00. The SMILES string of the molecule is CCC(CC)n1ccc(CN2CC(O)C(O)C2)n1. The van der Waals surface area contributed by atoms with Crippen LogP contribution in [-0.4, -0.2) is 50.2 Å². The molecule has 1 saturated heterocycles. The molecule has 2 rings (SSSR count). The molecule has 1 fully saturated rings. The van der Waals surface area contributed by atoms with E-state index in [4.69, 9.17) is 0 Å². The van der Waals surface area contributed by atoms with Crippen LogP contribution >= 0.6 is 0 Å². The zero-order chi connectivity index (χ0) is 13.1. The second kappa shape index (κ2) is 5.82. The Hall–Kier alpha value is -0.910. The molecule has 1 aromatic rings. The molecule has 1 aliphatic rings. The first-order valence-electron chi connectivity index (χ1n) is 6.76. The fourth-order valence-electron chi connectivity index (χ4n) is 2.53. The Balaban J connectivity index is 1.95. The van der Waals surface area contributed by atoms with Crippen molar-refractivity contribution >= 4 is 0 Å². The van der Waals surface area contributed by atoms with Crippen LogP contribution < -0.4 is 0 Å². The third-order valence-electron chi connectivity index (χ3n) is 3.70. The topological polar surface area (TPSA) is 61.5 Å². The Labute approximate surface area is 108 Å². The zero-order valence-corrected chi connectivity index (χ0v) is 11.2. The summed E-state index contributed by atoms with van der Waals surface area (Å²) >= 11 is 0. The minimum Gasteiger partial charge on any atom is -0.389 e. The average Bonchev–Trinajstić information content (AvgIpc) is 2.90. The predicted molar refractivity (Wildman–Crippen MR) is 69.1 cm³/mol. The highest BCUT2D eigenvalue weighted by Gasteiger charge is 2.29. The van der Waals surface area contributed by atoms with Crippen LogP contribution in [0, 0.1) is 0 Å². The van der Waals surface area contributed by atoms with E-state index in [1.54, 1.807) is 0 Å². The van der Waals surface area contributed by atoms with Gasteiger partial charge in [0.15, 0.2) is 0 Å². The molecule has 5 nitrogen and oxygen atoms in total. The Morgan fingerprint density at radius 3 is 2.44 bits per heavy atom. The van der Waals surface area contributed by atoms with Gasteiger partial charge in [-0.2, -0.15) is 5.10 Å². The standard InChI is InChI=1S/C13H23N3O2/c1-3-11(4-2)16-6-5-10(14-16)7-15-8-12(17)13(18)9-15/h5-6,11-13,17-18H,3-4,7-9H2,1-2H3. The van der Waals surface area contributed by atoms with E-state index >= 15 is 0 Å². The minimum absolute atomic E-state index is 0.466. The van der Waals surface area contributed by atoms with Crippen LogP contribution in [0.15, 0.2) is 12.3 Å². The van der Waals surface area contributed by atoms with E-state index in [1.165, 1.54) is 0 Å². The molecule has 2 atom stereocenters. The monoisotopic (exact) mass is 253 g/mol. The molecular weight excluding hydrogens is 230 g/mol. The van der Waals surface area contributed by atoms with Crippen molar-refractivity contribution in [2.45, 2.75) is 51.5 Å². The predicted octanol–water partition coefficient (Wildman–Crippen LogP) is 0.782. The van der Waals surface area contributed by atoms with Gasteiger partial charge in [-0.05, 0) is 18.9 Å². The molecule has 0 saturated carbocycles. The number of aliphatic hydroxyl groups is 2. The number of rotatable bonds is 5. The van der Waals surface area contributed by atoms with Gasteiger partial charge in [0.1, 0.15) is 0 Å². The fraction of sp³-hybridized carbons (Fsp3) is 0.769. The molecule has 2 N–H and O–H groups in total. The molecule has 2 heterocycles. The molecule has 0 radical (unpaired) electrons. The maximum absolute atomic E-state index is 9.50. The van der Waals surface area contributed by atoms with E-state index < -0.39 is 12.2 Å². The van der Waals surface area contributed by atoms with Gasteiger partial charge in [0.2, 0.25) is 0 Å². The number of hydrogen-bond donors (Lipinski definition) is 2. The van der Waals surface area contributed by atoms with Gasteiger partial charge < -0.3 is 10.2 Å². The summed E-state index contributed by atoms with van der Waals surface area (Å²) in [5.74, 6) is 0. The highest BCUT2D eigenvalue weighted by atomic mass is 16.3. The molecule has 102 valence electrons. The van der Waals surface area contributed by atoms with Crippen LogP contribution in [-0.2, 0) is 6.54 Å². The maximum Gasteiger partial charge on any atom is 0.0938 e. The van der Waals surface area contributed by atoms with Gasteiger partial charge in [-0.15, -0.1) is 0 Å². The molecule has 0 amide bonds. The van der Waals surface area contributed by atoms with Crippen LogP contribution in [0.3, 0.4) is 0 Å². The highest BCUT2D eigenvalue weighted by molar-refractivity contribution is 5.01. The molecule has 0 aliphatic carbocycles. The third kappa shape index (κ3) is 2.91. The van der Waals surface area contributed by atoms with Gasteiger partial charge in [0, 0.05) is 25.8 Å². The minimum atomic E-state index is -0.619. The molecule has 0 bridgehead atoms. The first kappa shape index (κ1) is 13.5. The molecular formula is C13H23N3O2. The zero-order valence-electron chi connectivity index (χ0n) is 11.2. The second-order valence-corrected chi connectivity index (χ2v) is 5.09. The van der Waals surface area contributed by atoms with Crippen LogP contribution in [0.25, 0.3) is 0 Å². The van der Waals surface area contributed by atoms with Gasteiger partial charge in [-0.3, -0.25) is 9.58 Å². The van der Waals surface area contributed by atoms with Crippen molar-refractivity contribution in [3.05, 3.63) is 18.0 Å². The summed E-state index contributed by atoms with van der Waals surface area (Å²) < 4.78 is 2.03. The summed E-state index contributed by atoms with van der Waals surface area (Å²) in [7, 11) is 0. The highest BCUT2D eigenvalue weighted by Crippen LogP contribution is 2.17. The van der Waals surface area contributed by atoms with Crippen molar-refractivity contribution in [1.82, 2.24) is 14.7 Å². The lowest BCUT2D eigenvalue weighted by Crippen LogP contribution is -2.22. The fourth-order valence-corrected chi connectivity index (χ4v) is 2.53. The van der Waals surface area contributed by atoms with E-state index in [-0.39, 0.29) is 0 Å². The van der Waals surface area contributed by atoms with Crippen molar-refractivity contribution in [3.8, 4) is 0 Å². The van der Waals surface area contributed by atoms with Gasteiger partial charge in [0.25, 0.3) is 0 Å². The smallest absolute Gasteiger partial charge is 0.0938 e. The summed E-state index contributed by atoms with van der Waals surface area (Å²) in [4.78, 5) is 2.04. The summed E-state index contributed by atoms with van der Waals surface area (Å²) in [6.45, 7) is 6.09. The number of hydrogen-bond acceptors (Lipinski definition) is 4. The summed E-state index contributed by atoms with van der Waals surface area (Å²) in [6.07, 6.45) is 2.95. The average molecular weight is 253 g/mol. The van der Waals surface area contributed by atoms with Crippen molar-refractivity contribution in [3.63, 3.8) is 0 Å². The Morgan fingerprint density at radius 1 is 1.28 bits per heavy atom. The Morgan fingerprint density at radius 2 is 1.89 bits per heavy atom. The molecule has 0 aromatic carbocycles. The number of β-amino-alcohol motifs (C(OH)–C–C–N with tert-alkyl or cyclic N) is 2. The van der Waals surface area contributed by atoms with Gasteiger partial charge in [-0.25, -0.2) is 0 Å². The molecule has 5 heteroatoms. The van der Waals surface area contributed by atoms with E-state index in [0.717, 1.165) is 18.5 Å². The normalized spacial score (nSPS) is 25.2. The van der Waals surface area contributed by atoms with Crippen molar-refractivity contribution in [2.24, 2.45) is 0 Å². The molecule has 1 aromatic heterocycles. The quantitative estimate of drug-likeness (QED) is 0.814. The number of nitrogens with zero attached hydrogens (tertiary/aromatic N) is 3. The lowest BCUT2D eigenvalue weighted by atomic mass is 10.2. The van der Waals surface area contributed by atoms with Crippen molar-refractivity contribution < 1.29 is 10.2 Å². The lowest BCUT2D eigenvalue weighted by molar-refractivity contribution is 0.0572. The third-order valence-corrected chi connectivity index (χ3v) is 3.70. The van der Waals surface area contributed by atoms with Crippen LogP contribution in [0.5, 0.6) is 0 Å². The van der Waals surface area contributed by atoms with Gasteiger partial charge in [0.05, 0.1) is 23.9 Å². The van der Waals surface area contributed by atoms with E-state index in [1.807, 2.05) is 21.8 Å². The maximum atomic E-state index is 9.50. The molecule has 0 spiro atoms. The van der Waals surface area contributed by atoms with Crippen LogP contribution in [0.2, 0.25) is 0 Å². The van der Waals surface area contributed by atoms with Crippen LogP contribution in [0.4, 0.5) is 0 Å². The number of aromatic nitrogens is 2. The van der Waals surface area contributed by atoms with Crippen molar-refractivity contribution in [2.75, 3.05) is 13.1 Å². The first-order valence-corrected chi connectivity index (χ1v) is 6.76. The first-order chi connectivity index (χ1) is 8.63. The number of aliphatic hydroxyl groups excluding tert-OH is 2. The molecule has 18 heavy (non-hydrogen) atoms. The van der Waals surface area contributed by atoms with Gasteiger partial charge >= 0.3 is 0 Å².